The maximum absolute atomic E-state index is 13.7. The second-order valence-electron chi connectivity index (χ2n) is 6.01. The van der Waals surface area contributed by atoms with Gasteiger partial charge in [0.15, 0.2) is 9.84 Å². The molecule has 1 atom stereocenters. The van der Waals surface area contributed by atoms with Crippen LogP contribution < -0.4 is 11.2 Å². The van der Waals surface area contributed by atoms with Gasteiger partial charge in [-0.2, -0.15) is 0 Å². The molecule has 0 unspecified atom stereocenters. The Bertz CT molecular complexity index is 952. The smallest absolute Gasteiger partial charge is 0.330 e. The number of halogens is 1. The molecular weight excluding hydrogens is 363 g/mol. The summed E-state index contributed by atoms with van der Waals surface area (Å²) in [5, 5.41) is 0. The number of hydrogen-bond donors (Lipinski definition) is 1. The Morgan fingerprint density at radius 1 is 1.23 bits per heavy atom. The van der Waals surface area contributed by atoms with Crippen molar-refractivity contribution < 1.29 is 17.5 Å². The molecule has 0 fully saturated rings. The molecule has 0 bridgehead atoms. The molecule has 7 nitrogen and oxygen atoms in total. The standard InChI is InChI=1S/C17H21FN2O5S/c1-13(14-5-2-3-6-15(14)18)11-26(23,24)10-4-9-25-12-20-8-7-16(21)19-17(20)22/h2-3,5-8,13H,4,9-12H2,1H3,(H,19,21,22)/t13-/m0/s1. The highest BCUT2D eigenvalue weighted by atomic mass is 32.2. The summed E-state index contributed by atoms with van der Waals surface area (Å²) in [4.78, 5) is 24.5. The molecule has 0 aliphatic heterocycles. The molecular formula is C17H21FN2O5S. The van der Waals surface area contributed by atoms with E-state index in [-0.39, 0.29) is 31.3 Å². The zero-order valence-corrected chi connectivity index (χ0v) is 15.2. The van der Waals surface area contributed by atoms with Crippen molar-refractivity contribution in [3.63, 3.8) is 0 Å². The van der Waals surface area contributed by atoms with Crippen LogP contribution >= 0.6 is 0 Å². The van der Waals surface area contributed by atoms with Crippen molar-refractivity contribution >= 4 is 9.84 Å². The van der Waals surface area contributed by atoms with Gasteiger partial charge >= 0.3 is 5.69 Å². The zero-order valence-electron chi connectivity index (χ0n) is 14.4. The topological polar surface area (TPSA) is 98.2 Å². The van der Waals surface area contributed by atoms with Crippen molar-refractivity contribution in [2.24, 2.45) is 0 Å². The molecule has 1 N–H and O–H groups in total. The summed E-state index contributed by atoms with van der Waals surface area (Å²) in [7, 11) is -3.37. The maximum atomic E-state index is 13.7. The molecule has 0 aliphatic carbocycles. The number of nitrogens with zero attached hydrogens (tertiary/aromatic N) is 1. The Balaban J connectivity index is 1.78. The van der Waals surface area contributed by atoms with E-state index in [1.165, 1.54) is 18.3 Å². The Kier molecular flexibility index (Phi) is 6.87. The molecule has 1 aromatic carbocycles. The van der Waals surface area contributed by atoms with Gasteiger partial charge in [-0.1, -0.05) is 25.1 Å². The van der Waals surface area contributed by atoms with Gasteiger partial charge in [-0.3, -0.25) is 14.3 Å². The van der Waals surface area contributed by atoms with E-state index in [2.05, 4.69) is 4.98 Å². The lowest BCUT2D eigenvalue weighted by molar-refractivity contribution is 0.0745. The number of aromatic nitrogens is 2. The third-order valence-corrected chi connectivity index (χ3v) is 5.73. The molecule has 9 heteroatoms. The summed E-state index contributed by atoms with van der Waals surface area (Å²) in [5.74, 6) is -1.09. The second-order valence-corrected chi connectivity index (χ2v) is 8.24. The summed E-state index contributed by atoms with van der Waals surface area (Å²) in [6.45, 7) is 1.73. The molecule has 2 rings (SSSR count). The molecule has 0 saturated carbocycles. The van der Waals surface area contributed by atoms with E-state index in [0.29, 0.717) is 5.56 Å². The van der Waals surface area contributed by atoms with Crippen molar-refractivity contribution in [2.75, 3.05) is 18.1 Å². The van der Waals surface area contributed by atoms with E-state index in [4.69, 9.17) is 4.74 Å². The largest absolute Gasteiger partial charge is 0.361 e. The van der Waals surface area contributed by atoms with Crippen molar-refractivity contribution in [2.45, 2.75) is 26.0 Å². The Morgan fingerprint density at radius 3 is 2.65 bits per heavy atom. The SMILES string of the molecule is C[C@@H](CS(=O)(=O)CCCOCn1ccc(=O)[nH]c1=O)c1ccccc1F. The predicted octanol–water partition coefficient (Wildman–Crippen LogP) is 1.26. The highest BCUT2D eigenvalue weighted by Crippen LogP contribution is 2.20. The average Bonchev–Trinajstić information content (AvgIpc) is 2.56. The van der Waals surface area contributed by atoms with Crippen LogP contribution in [-0.4, -0.2) is 36.1 Å². The number of H-pyrrole nitrogens is 1. The molecule has 0 aliphatic rings. The number of aromatic amines is 1. The van der Waals surface area contributed by atoms with E-state index in [1.54, 1.807) is 25.1 Å². The fourth-order valence-corrected chi connectivity index (χ4v) is 4.18. The first-order valence-corrected chi connectivity index (χ1v) is 9.93. The molecule has 0 radical (unpaired) electrons. The van der Waals surface area contributed by atoms with E-state index in [0.717, 1.165) is 4.57 Å². The van der Waals surface area contributed by atoms with Crippen LogP contribution in [0.15, 0.2) is 46.1 Å². The van der Waals surface area contributed by atoms with Gasteiger partial charge in [0.05, 0.1) is 11.5 Å². The molecule has 142 valence electrons. The van der Waals surface area contributed by atoms with Crippen LogP contribution in [0, 0.1) is 5.82 Å². The lowest BCUT2D eigenvalue weighted by Crippen LogP contribution is -2.29. The third-order valence-electron chi connectivity index (χ3n) is 3.81. The van der Waals surface area contributed by atoms with Gasteiger partial charge in [-0.15, -0.1) is 0 Å². The van der Waals surface area contributed by atoms with Gasteiger partial charge < -0.3 is 4.74 Å². The van der Waals surface area contributed by atoms with Gasteiger partial charge in [-0.25, -0.2) is 17.6 Å². The van der Waals surface area contributed by atoms with Crippen LogP contribution in [0.1, 0.15) is 24.8 Å². The number of sulfone groups is 1. The van der Waals surface area contributed by atoms with E-state index >= 15 is 0 Å². The van der Waals surface area contributed by atoms with Gasteiger partial charge in [0.2, 0.25) is 0 Å². The summed E-state index contributed by atoms with van der Waals surface area (Å²) < 4.78 is 44.5. The predicted molar refractivity (Wildman–Crippen MR) is 95.4 cm³/mol. The van der Waals surface area contributed by atoms with Crippen LogP contribution in [0.25, 0.3) is 0 Å². The quantitative estimate of drug-likeness (QED) is 0.657. The van der Waals surface area contributed by atoms with Gasteiger partial charge in [0, 0.05) is 18.9 Å². The first-order chi connectivity index (χ1) is 12.3. The number of benzene rings is 1. The van der Waals surface area contributed by atoms with Crippen LogP contribution in [0.3, 0.4) is 0 Å². The van der Waals surface area contributed by atoms with Gasteiger partial charge in [-0.05, 0) is 24.0 Å². The molecule has 0 saturated heterocycles. The lowest BCUT2D eigenvalue weighted by atomic mass is 10.0. The Morgan fingerprint density at radius 2 is 1.96 bits per heavy atom. The number of ether oxygens (including phenoxy) is 1. The van der Waals surface area contributed by atoms with E-state index in [9.17, 15) is 22.4 Å². The van der Waals surface area contributed by atoms with Crippen LogP contribution in [0.4, 0.5) is 4.39 Å². The minimum Gasteiger partial charge on any atom is -0.361 e. The van der Waals surface area contributed by atoms with Crippen molar-refractivity contribution in [3.8, 4) is 0 Å². The zero-order chi connectivity index (χ0) is 19.2. The van der Waals surface area contributed by atoms with Crippen molar-refractivity contribution in [1.29, 1.82) is 0 Å². The summed E-state index contributed by atoms with van der Waals surface area (Å²) in [6.07, 6.45) is 1.55. The average molecular weight is 384 g/mol. The maximum Gasteiger partial charge on any atom is 0.330 e. The minimum atomic E-state index is -3.37. The Labute approximate surface area is 150 Å². The van der Waals surface area contributed by atoms with Crippen LogP contribution in [0.5, 0.6) is 0 Å². The number of nitrogens with one attached hydrogen (secondary N) is 1. The molecule has 1 heterocycles. The highest BCUT2D eigenvalue weighted by molar-refractivity contribution is 7.91. The third kappa shape index (κ3) is 5.92. The van der Waals surface area contributed by atoms with Crippen LogP contribution in [-0.2, 0) is 21.3 Å². The van der Waals surface area contributed by atoms with Crippen molar-refractivity contribution in [3.05, 3.63) is 68.7 Å². The van der Waals surface area contributed by atoms with Gasteiger partial charge in [0.1, 0.15) is 12.5 Å². The summed E-state index contributed by atoms with van der Waals surface area (Å²) >= 11 is 0. The summed E-state index contributed by atoms with van der Waals surface area (Å²) in [6, 6.07) is 7.32. The van der Waals surface area contributed by atoms with E-state index in [1.807, 2.05) is 0 Å². The summed E-state index contributed by atoms with van der Waals surface area (Å²) in [5.41, 5.74) is -0.713. The fraction of sp³-hybridized carbons (Fsp3) is 0.412. The molecule has 26 heavy (non-hydrogen) atoms. The number of rotatable bonds is 9. The molecule has 0 spiro atoms. The Hall–Kier alpha value is -2.26. The first-order valence-electron chi connectivity index (χ1n) is 8.11. The lowest BCUT2D eigenvalue weighted by Gasteiger charge is -2.13. The molecule has 1 aromatic heterocycles. The molecule has 0 amide bonds. The number of hydrogen-bond acceptors (Lipinski definition) is 5. The normalized spacial score (nSPS) is 12.8. The second kappa shape index (κ2) is 8.91. The fourth-order valence-electron chi connectivity index (χ4n) is 2.52. The monoisotopic (exact) mass is 384 g/mol. The van der Waals surface area contributed by atoms with Gasteiger partial charge in [0.25, 0.3) is 5.56 Å². The van der Waals surface area contributed by atoms with Crippen molar-refractivity contribution in [1.82, 2.24) is 9.55 Å². The first kappa shape index (κ1) is 20.1. The van der Waals surface area contributed by atoms with E-state index < -0.39 is 32.8 Å². The van der Waals surface area contributed by atoms with Crippen LogP contribution in [0.2, 0.25) is 0 Å². The minimum absolute atomic E-state index is 0.0821. The molecule has 2 aromatic rings. The highest BCUT2D eigenvalue weighted by Gasteiger charge is 2.19.